The highest BCUT2D eigenvalue weighted by molar-refractivity contribution is 5.75. The van der Waals surface area contributed by atoms with Crippen LogP contribution in [0.2, 0.25) is 0 Å². The molecule has 2 bridgehead atoms. The Kier molecular flexibility index (Phi) is 3.28. The van der Waals surface area contributed by atoms with Crippen molar-refractivity contribution in [1.82, 2.24) is 4.90 Å². The van der Waals surface area contributed by atoms with Crippen LogP contribution in [0.4, 0.5) is 4.39 Å². The van der Waals surface area contributed by atoms with Gasteiger partial charge in [0.1, 0.15) is 5.82 Å². The van der Waals surface area contributed by atoms with E-state index in [0.717, 1.165) is 31.2 Å². The van der Waals surface area contributed by atoms with Crippen molar-refractivity contribution in [2.24, 2.45) is 5.92 Å². The van der Waals surface area contributed by atoms with Gasteiger partial charge in [0.15, 0.2) is 0 Å². The highest BCUT2D eigenvalue weighted by atomic mass is 19.1. The van der Waals surface area contributed by atoms with Crippen molar-refractivity contribution in [3.05, 3.63) is 35.6 Å². The van der Waals surface area contributed by atoms with Crippen molar-refractivity contribution < 1.29 is 13.9 Å². The van der Waals surface area contributed by atoms with Crippen LogP contribution in [0, 0.1) is 11.7 Å². The fourth-order valence-electron chi connectivity index (χ4n) is 4.18. The molecular weight excluding hydrogens is 257 g/mol. The largest absolute Gasteiger partial charge is 0.469 e. The fraction of sp³-hybridized carbons (Fsp3) is 0.562. The van der Waals surface area contributed by atoms with Crippen LogP contribution in [0.25, 0.3) is 0 Å². The molecule has 1 aromatic carbocycles. The zero-order chi connectivity index (χ0) is 14.3. The second kappa shape index (κ2) is 4.85. The highest BCUT2D eigenvalue weighted by Crippen LogP contribution is 2.53. The van der Waals surface area contributed by atoms with Crippen LogP contribution >= 0.6 is 0 Å². The maximum absolute atomic E-state index is 13.2. The number of hydrogen-bond acceptors (Lipinski definition) is 3. The molecule has 0 saturated carbocycles. The molecule has 3 atom stereocenters. The minimum absolute atomic E-state index is 0.151. The van der Waals surface area contributed by atoms with Gasteiger partial charge in [0.25, 0.3) is 0 Å². The third-order valence-electron chi connectivity index (χ3n) is 5.23. The molecule has 1 unspecified atom stereocenters. The maximum atomic E-state index is 13.2. The van der Waals surface area contributed by atoms with E-state index < -0.39 is 0 Å². The van der Waals surface area contributed by atoms with Crippen LogP contribution in [-0.2, 0) is 15.1 Å². The molecule has 2 aliphatic heterocycles. The van der Waals surface area contributed by atoms with Gasteiger partial charge in [-0.3, -0.25) is 9.69 Å². The number of nitrogens with zero attached hydrogens (tertiary/aromatic N) is 1. The zero-order valence-corrected chi connectivity index (χ0v) is 11.9. The first-order valence-electron chi connectivity index (χ1n) is 7.16. The summed E-state index contributed by atoms with van der Waals surface area (Å²) in [4.78, 5) is 14.5. The number of carbonyl (C=O) groups is 1. The number of ether oxygens (including phenoxy) is 1. The van der Waals surface area contributed by atoms with Gasteiger partial charge in [0, 0.05) is 6.04 Å². The summed E-state index contributed by atoms with van der Waals surface area (Å²) in [5.41, 5.74) is 0.697. The molecule has 2 saturated heterocycles. The summed E-state index contributed by atoms with van der Waals surface area (Å²) in [5, 5.41) is 0. The predicted octanol–water partition coefficient (Wildman–Crippen LogP) is 2.70. The molecule has 3 nitrogen and oxygen atoms in total. The van der Waals surface area contributed by atoms with Gasteiger partial charge in [-0.25, -0.2) is 4.39 Å². The Morgan fingerprint density at radius 1 is 1.30 bits per heavy atom. The van der Waals surface area contributed by atoms with Crippen LogP contribution in [0.1, 0.15) is 31.2 Å². The summed E-state index contributed by atoms with van der Waals surface area (Å²) in [6.45, 7) is 0. The van der Waals surface area contributed by atoms with Crippen molar-refractivity contribution >= 4 is 5.97 Å². The summed E-state index contributed by atoms with van der Waals surface area (Å²) in [6, 6.07) is 7.11. The molecule has 0 spiro atoms. The number of hydrogen-bond donors (Lipinski definition) is 0. The van der Waals surface area contributed by atoms with Gasteiger partial charge in [-0.1, -0.05) is 12.1 Å². The van der Waals surface area contributed by atoms with E-state index in [1.807, 2.05) is 12.1 Å². The van der Waals surface area contributed by atoms with Gasteiger partial charge in [-0.15, -0.1) is 0 Å². The van der Waals surface area contributed by atoms with E-state index >= 15 is 0 Å². The minimum Gasteiger partial charge on any atom is -0.469 e. The Bertz CT molecular complexity index is 516. The molecule has 2 fully saturated rings. The first-order valence-corrected chi connectivity index (χ1v) is 7.16. The molecule has 4 heteroatoms. The van der Waals surface area contributed by atoms with Crippen LogP contribution in [0.3, 0.4) is 0 Å². The van der Waals surface area contributed by atoms with Gasteiger partial charge in [-0.2, -0.15) is 0 Å². The molecule has 3 rings (SSSR count). The summed E-state index contributed by atoms with van der Waals surface area (Å²) in [6.07, 6.45) is 3.89. The quantitative estimate of drug-likeness (QED) is 0.778. The number of esters is 1. The van der Waals surface area contributed by atoms with E-state index in [9.17, 15) is 9.18 Å². The first-order chi connectivity index (χ1) is 9.59. The number of carbonyl (C=O) groups excluding carboxylic acids is 1. The molecule has 1 aromatic rings. The molecule has 0 aliphatic carbocycles. The SMILES string of the molecule is COC(=O)C1CC[C@@H]2CC[C@@]1(c1ccc(F)cc1)N2C. The van der Waals surface area contributed by atoms with Crippen molar-refractivity contribution in [2.75, 3.05) is 14.2 Å². The van der Waals surface area contributed by atoms with Crippen LogP contribution in [-0.4, -0.2) is 31.1 Å². The molecule has 108 valence electrons. The number of rotatable bonds is 2. The van der Waals surface area contributed by atoms with Gasteiger partial charge in [0.05, 0.1) is 18.6 Å². The Hall–Kier alpha value is -1.42. The average molecular weight is 277 g/mol. The number of fused-ring (bicyclic) bond motifs is 2. The van der Waals surface area contributed by atoms with E-state index in [1.165, 1.54) is 19.2 Å². The highest BCUT2D eigenvalue weighted by Gasteiger charge is 2.56. The van der Waals surface area contributed by atoms with Gasteiger partial charge in [0.2, 0.25) is 0 Å². The van der Waals surface area contributed by atoms with E-state index in [4.69, 9.17) is 4.74 Å². The van der Waals surface area contributed by atoms with Crippen LogP contribution < -0.4 is 0 Å². The monoisotopic (exact) mass is 277 g/mol. The van der Waals surface area contributed by atoms with Crippen LogP contribution in [0.5, 0.6) is 0 Å². The van der Waals surface area contributed by atoms with Gasteiger partial charge < -0.3 is 4.74 Å². The molecule has 20 heavy (non-hydrogen) atoms. The van der Waals surface area contributed by atoms with Crippen molar-refractivity contribution in [2.45, 2.75) is 37.3 Å². The number of benzene rings is 1. The van der Waals surface area contributed by atoms with E-state index in [0.29, 0.717) is 6.04 Å². The Morgan fingerprint density at radius 3 is 2.65 bits per heavy atom. The van der Waals surface area contributed by atoms with Crippen LogP contribution in [0.15, 0.2) is 24.3 Å². The average Bonchev–Trinajstić information content (AvgIpc) is 2.67. The van der Waals surface area contributed by atoms with Crippen molar-refractivity contribution in [3.63, 3.8) is 0 Å². The minimum atomic E-state index is -0.330. The fourth-order valence-corrected chi connectivity index (χ4v) is 4.18. The third kappa shape index (κ3) is 1.78. The lowest BCUT2D eigenvalue weighted by Crippen LogP contribution is -2.54. The summed E-state index contributed by atoms with van der Waals surface area (Å²) < 4.78 is 18.2. The lowest BCUT2D eigenvalue weighted by atomic mass is 9.73. The zero-order valence-electron chi connectivity index (χ0n) is 11.9. The maximum Gasteiger partial charge on any atom is 0.310 e. The second-order valence-corrected chi connectivity index (χ2v) is 5.89. The van der Waals surface area contributed by atoms with Crippen molar-refractivity contribution in [3.8, 4) is 0 Å². The Morgan fingerprint density at radius 2 is 2.00 bits per heavy atom. The standard InChI is InChI=1S/C16H20FNO2/c1-18-13-7-8-14(15(19)20-2)16(18,10-9-13)11-3-5-12(17)6-4-11/h3-6,13-14H,7-10H2,1-2H3/t13-,14?,16+/m1/s1. The van der Waals surface area contributed by atoms with Gasteiger partial charge in [-0.05, 0) is 50.4 Å². The van der Waals surface area contributed by atoms with Gasteiger partial charge >= 0.3 is 5.97 Å². The molecule has 2 heterocycles. The Balaban J connectivity index is 2.08. The third-order valence-corrected chi connectivity index (χ3v) is 5.23. The van der Waals surface area contributed by atoms with E-state index in [-0.39, 0.29) is 23.2 Å². The summed E-state index contributed by atoms with van der Waals surface area (Å²) in [5.74, 6) is -0.559. The lowest BCUT2D eigenvalue weighted by Gasteiger charge is -2.47. The number of methoxy groups -OCH3 is 1. The molecule has 2 aliphatic rings. The second-order valence-electron chi connectivity index (χ2n) is 5.89. The van der Waals surface area contributed by atoms with E-state index in [2.05, 4.69) is 11.9 Å². The number of halogens is 1. The Labute approximate surface area is 118 Å². The molecule has 0 radical (unpaired) electrons. The first kappa shape index (κ1) is 13.6. The van der Waals surface area contributed by atoms with E-state index in [1.54, 1.807) is 0 Å². The molecular formula is C16H20FNO2. The topological polar surface area (TPSA) is 29.5 Å². The smallest absolute Gasteiger partial charge is 0.310 e. The van der Waals surface area contributed by atoms with Crippen molar-refractivity contribution in [1.29, 1.82) is 0 Å². The summed E-state index contributed by atoms with van der Waals surface area (Å²) >= 11 is 0. The number of piperidine rings is 1. The normalized spacial score (nSPS) is 33.1. The molecule has 0 amide bonds. The predicted molar refractivity (Wildman–Crippen MR) is 73.6 cm³/mol. The summed E-state index contributed by atoms with van der Waals surface area (Å²) in [7, 11) is 3.53. The molecule has 0 N–H and O–H groups in total. The lowest BCUT2D eigenvalue weighted by molar-refractivity contribution is -0.154. The molecule has 0 aromatic heterocycles.